The molecule has 0 aromatic heterocycles. The van der Waals surface area contributed by atoms with Crippen LogP contribution in [0.15, 0.2) is 12.1 Å². The van der Waals surface area contributed by atoms with Gasteiger partial charge in [-0.25, -0.2) is 0 Å². The highest BCUT2D eigenvalue weighted by Crippen LogP contribution is 2.25. The highest BCUT2D eigenvalue weighted by atomic mass is 16.5. The molecule has 0 aliphatic rings. The van der Waals surface area contributed by atoms with Gasteiger partial charge < -0.3 is 10.1 Å². The van der Waals surface area contributed by atoms with E-state index in [0.29, 0.717) is 0 Å². The number of ether oxygens (including phenoxy) is 1. The van der Waals surface area contributed by atoms with Crippen LogP contribution in [0.25, 0.3) is 0 Å². The van der Waals surface area contributed by atoms with Gasteiger partial charge in [0.25, 0.3) is 0 Å². The molecule has 1 unspecified atom stereocenters. The van der Waals surface area contributed by atoms with Crippen LogP contribution in [0.2, 0.25) is 0 Å². The topological polar surface area (TPSA) is 21.3 Å². The Labute approximate surface area is 124 Å². The molecule has 1 N–H and O–H groups in total. The minimum Gasteiger partial charge on any atom is -0.489 e. The van der Waals surface area contributed by atoms with Crippen LogP contribution in [0, 0.1) is 20.8 Å². The minimum atomic E-state index is 0.132. The number of nitrogens with one attached hydrogen (secondary N) is 1. The number of aryl methyl sites for hydroxylation is 2. The first-order valence-electron chi connectivity index (χ1n) is 7.72. The van der Waals surface area contributed by atoms with Gasteiger partial charge in [0.2, 0.25) is 0 Å². The van der Waals surface area contributed by atoms with Gasteiger partial charge in [-0.2, -0.15) is 0 Å². The summed E-state index contributed by atoms with van der Waals surface area (Å²) in [7, 11) is 0. The molecule has 0 fully saturated rings. The third kappa shape index (κ3) is 5.54. The molecule has 1 aromatic carbocycles. The van der Waals surface area contributed by atoms with E-state index in [1.54, 1.807) is 0 Å². The van der Waals surface area contributed by atoms with Gasteiger partial charge in [-0.15, -0.1) is 0 Å². The van der Waals surface area contributed by atoms with Gasteiger partial charge in [-0.3, -0.25) is 0 Å². The Morgan fingerprint density at radius 2 is 1.80 bits per heavy atom. The Morgan fingerprint density at radius 3 is 2.35 bits per heavy atom. The largest absolute Gasteiger partial charge is 0.489 e. The van der Waals surface area contributed by atoms with Crippen molar-refractivity contribution < 1.29 is 4.74 Å². The van der Waals surface area contributed by atoms with Crippen LogP contribution in [-0.2, 0) is 0 Å². The van der Waals surface area contributed by atoms with Crippen LogP contribution in [0.1, 0.15) is 57.2 Å². The van der Waals surface area contributed by atoms with E-state index in [1.807, 2.05) is 0 Å². The molecule has 0 bridgehead atoms. The number of rotatable bonds is 6. The lowest BCUT2D eigenvalue weighted by Crippen LogP contribution is -2.42. The lowest BCUT2D eigenvalue weighted by atomic mass is 10.1. The number of hydrogen-bond donors (Lipinski definition) is 1. The van der Waals surface area contributed by atoms with E-state index < -0.39 is 0 Å². The second-order valence-electron chi connectivity index (χ2n) is 6.86. The molecule has 0 aliphatic heterocycles. The van der Waals surface area contributed by atoms with E-state index in [9.17, 15) is 0 Å². The molecule has 0 saturated heterocycles. The smallest absolute Gasteiger partial charge is 0.123 e. The maximum absolute atomic E-state index is 6.28. The van der Waals surface area contributed by atoms with Gasteiger partial charge in [-0.05, 0) is 70.7 Å². The van der Waals surface area contributed by atoms with Crippen molar-refractivity contribution in [2.24, 2.45) is 0 Å². The summed E-state index contributed by atoms with van der Waals surface area (Å²) in [6.45, 7) is 16.1. The van der Waals surface area contributed by atoms with Crippen molar-refractivity contribution in [3.8, 4) is 5.75 Å². The average Bonchev–Trinajstić information content (AvgIpc) is 2.31. The molecule has 2 heteroatoms. The van der Waals surface area contributed by atoms with Gasteiger partial charge in [0.05, 0.1) is 0 Å². The van der Waals surface area contributed by atoms with Crippen LogP contribution in [0.3, 0.4) is 0 Å². The monoisotopic (exact) mass is 277 g/mol. The first-order valence-corrected chi connectivity index (χ1v) is 7.72. The van der Waals surface area contributed by atoms with E-state index in [0.717, 1.165) is 25.1 Å². The molecule has 0 heterocycles. The highest BCUT2D eigenvalue weighted by Gasteiger charge is 2.16. The fourth-order valence-electron chi connectivity index (χ4n) is 2.25. The summed E-state index contributed by atoms with van der Waals surface area (Å²) in [5.74, 6) is 1.04. The van der Waals surface area contributed by atoms with Gasteiger partial charge in [0.1, 0.15) is 11.9 Å². The molecule has 0 aliphatic carbocycles. The Hall–Kier alpha value is -1.02. The van der Waals surface area contributed by atoms with Crippen LogP contribution in [-0.4, -0.2) is 18.2 Å². The van der Waals surface area contributed by atoms with Crippen molar-refractivity contribution in [3.05, 3.63) is 28.8 Å². The summed E-state index contributed by atoms with van der Waals surface area (Å²) in [6.07, 6.45) is 2.45. The van der Waals surface area contributed by atoms with Gasteiger partial charge >= 0.3 is 0 Å². The lowest BCUT2D eigenvalue weighted by Gasteiger charge is -2.26. The maximum Gasteiger partial charge on any atom is 0.123 e. The molecular weight excluding hydrogens is 246 g/mol. The van der Waals surface area contributed by atoms with E-state index in [-0.39, 0.29) is 11.6 Å². The van der Waals surface area contributed by atoms with E-state index in [1.165, 1.54) is 16.7 Å². The summed E-state index contributed by atoms with van der Waals surface area (Å²) >= 11 is 0. The molecule has 1 atom stereocenters. The second-order valence-corrected chi connectivity index (χ2v) is 6.86. The Bertz CT molecular complexity index is 432. The molecule has 0 radical (unpaired) electrons. The van der Waals surface area contributed by atoms with E-state index in [4.69, 9.17) is 4.74 Å². The first kappa shape index (κ1) is 17.0. The number of benzene rings is 1. The molecule has 0 spiro atoms. The normalized spacial score (nSPS) is 13.3. The van der Waals surface area contributed by atoms with Crippen molar-refractivity contribution in [2.75, 3.05) is 6.54 Å². The fourth-order valence-corrected chi connectivity index (χ4v) is 2.25. The molecule has 1 aromatic rings. The van der Waals surface area contributed by atoms with Gasteiger partial charge in [0.15, 0.2) is 0 Å². The lowest BCUT2D eigenvalue weighted by molar-refractivity contribution is 0.173. The van der Waals surface area contributed by atoms with Crippen molar-refractivity contribution in [1.82, 2.24) is 5.32 Å². The zero-order chi connectivity index (χ0) is 15.3. The Balaban J connectivity index is 2.80. The van der Waals surface area contributed by atoms with Crippen LogP contribution < -0.4 is 10.1 Å². The third-order valence-electron chi connectivity index (χ3n) is 3.53. The third-order valence-corrected chi connectivity index (χ3v) is 3.53. The summed E-state index contributed by atoms with van der Waals surface area (Å²) < 4.78 is 6.28. The van der Waals surface area contributed by atoms with E-state index in [2.05, 4.69) is 65.9 Å². The predicted molar refractivity (Wildman–Crippen MR) is 87.7 cm³/mol. The van der Waals surface area contributed by atoms with Crippen molar-refractivity contribution in [2.45, 2.75) is 73.0 Å². The van der Waals surface area contributed by atoms with Crippen LogP contribution >= 0.6 is 0 Å². The summed E-state index contributed by atoms with van der Waals surface area (Å²) in [4.78, 5) is 0. The molecule has 0 amide bonds. The van der Waals surface area contributed by atoms with Gasteiger partial charge in [-0.1, -0.05) is 19.4 Å². The standard InChI is InChI=1S/C18H31NO/c1-8-9-16(12-19-18(5,6)7)20-17-11-13(2)10-14(3)15(17)4/h10-11,16,19H,8-9,12H2,1-7H3. The summed E-state index contributed by atoms with van der Waals surface area (Å²) in [5.41, 5.74) is 3.96. The number of hydrogen-bond acceptors (Lipinski definition) is 2. The molecule has 114 valence electrons. The Morgan fingerprint density at radius 1 is 1.15 bits per heavy atom. The fraction of sp³-hybridized carbons (Fsp3) is 0.667. The first-order chi connectivity index (χ1) is 9.23. The Kier molecular flexibility index (Phi) is 6.07. The molecule has 20 heavy (non-hydrogen) atoms. The minimum absolute atomic E-state index is 0.132. The predicted octanol–water partition coefficient (Wildman–Crippen LogP) is 4.55. The maximum atomic E-state index is 6.28. The van der Waals surface area contributed by atoms with Crippen LogP contribution in [0.5, 0.6) is 5.75 Å². The highest BCUT2D eigenvalue weighted by molar-refractivity contribution is 5.42. The SMILES string of the molecule is CCCC(CNC(C)(C)C)Oc1cc(C)cc(C)c1C. The quantitative estimate of drug-likeness (QED) is 0.823. The van der Waals surface area contributed by atoms with E-state index >= 15 is 0 Å². The molecule has 0 saturated carbocycles. The second kappa shape index (κ2) is 7.12. The molecule has 1 rings (SSSR count). The van der Waals surface area contributed by atoms with Crippen molar-refractivity contribution in [3.63, 3.8) is 0 Å². The molecule has 2 nitrogen and oxygen atoms in total. The summed E-state index contributed by atoms with van der Waals surface area (Å²) in [6, 6.07) is 4.37. The zero-order valence-corrected chi connectivity index (χ0v) is 14.3. The van der Waals surface area contributed by atoms with Gasteiger partial charge in [0, 0.05) is 12.1 Å². The summed E-state index contributed by atoms with van der Waals surface area (Å²) in [5, 5.41) is 3.55. The van der Waals surface area contributed by atoms with Crippen molar-refractivity contribution >= 4 is 0 Å². The van der Waals surface area contributed by atoms with Crippen molar-refractivity contribution in [1.29, 1.82) is 0 Å². The zero-order valence-electron chi connectivity index (χ0n) is 14.3. The van der Waals surface area contributed by atoms with Crippen LogP contribution in [0.4, 0.5) is 0 Å². The average molecular weight is 277 g/mol. The molecular formula is C18H31NO.